The maximum absolute atomic E-state index is 12.3. The van der Waals surface area contributed by atoms with E-state index in [2.05, 4.69) is 29.6 Å². The maximum atomic E-state index is 12.3. The lowest BCUT2D eigenvalue weighted by atomic mass is 9.99. The van der Waals surface area contributed by atoms with Crippen LogP contribution in [0.15, 0.2) is 54.6 Å². The molecule has 2 aromatic carbocycles. The molecule has 0 saturated heterocycles. The molecular formula is C20H24N2O. The molecule has 1 fully saturated rings. The number of nitrogens with one attached hydrogen (secondary N) is 1. The molecule has 0 spiro atoms. The molecule has 1 aliphatic carbocycles. The third kappa shape index (κ3) is 4.42. The summed E-state index contributed by atoms with van der Waals surface area (Å²) in [6.45, 7) is 2.04. The fourth-order valence-electron chi connectivity index (χ4n) is 2.74. The molecule has 0 heterocycles. The molecule has 2 aromatic rings. The van der Waals surface area contributed by atoms with Crippen molar-refractivity contribution in [2.24, 2.45) is 5.92 Å². The van der Waals surface area contributed by atoms with E-state index in [1.807, 2.05) is 42.3 Å². The van der Waals surface area contributed by atoms with Crippen LogP contribution in [-0.4, -0.2) is 30.9 Å². The Labute approximate surface area is 138 Å². The van der Waals surface area contributed by atoms with Crippen molar-refractivity contribution in [3.63, 3.8) is 0 Å². The standard InChI is InChI=1S/C20H24N2O/c1-22(20(23)14-21-13-16-11-12-16)15-18-9-5-6-10-19(18)17-7-3-2-4-8-17/h2-10,16,21H,11-15H2,1H3. The number of carbonyl (C=O) groups excluding carboxylic acids is 1. The summed E-state index contributed by atoms with van der Waals surface area (Å²) >= 11 is 0. The van der Waals surface area contributed by atoms with Crippen molar-refractivity contribution in [2.45, 2.75) is 19.4 Å². The van der Waals surface area contributed by atoms with E-state index in [1.54, 1.807) is 0 Å². The summed E-state index contributed by atoms with van der Waals surface area (Å²) in [5.74, 6) is 0.945. The summed E-state index contributed by atoms with van der Waals surface area (Å²) < 4.78 is 0. The highest BCUT2D eigenvalue weighted by Gasteiger charge is 2.21. The summed E-state index contributed by atoms with van der Waals surface area (Å²) in [7, 11) is 1.88. The molecular weight excluding hydrogens is 284 g/mol. The summed E-state index contributed by atoms with van der Waals surface area (Å²) in [5, 5.41) is 3.27. The van der Waals surface area contributed by atoms with E-state index < -0.39 is 0 Å². The second-order valence-corrected chi connectivity index (χ2v) is 6.35. The molecule has 0 radical (unpaired) electrons. The summed E-state index contributed by atoms with van der Waals surface area (Å²) in [6.07, 6.45) is 2.61. The van der Waals surface area contributed by atoms with Crippen LogP contribution in [-0.2, 0) is 11.3 Å². The number of nitrogens with zero attached hydrogens (tertiary/aromatic N) is 1. The van der Waals surface area contributed by atoms with Crippen LogP contribution >= 0.6 is 0 Å². The van der Waals surface area contributed by atoms with E-state index >= 15 is 0 Å². The highest BCUT2D eigenvalue weighted by atomic mass is 16.2. The fourth-order valence-corrected chi connectivity index (χ4v) is 2.74. The summed E-state index contributed by atoms with van der Waals surface area (Å²) in [4.78, 5) is 14.1. The van der Waals surface area contributed by atoms with Crippen molar-refractivity contribution in [2.75, 3.05) is 20.1 Å². The number of rotatable bonds is 7. The monoisotopic (exact) mass is 308 g/mol. The fraction of sp³-hybridized carbons (Fsp3) is 0.350. The van der Waals surface area contributed by atoms with Gasteiger partial charge in [0.15, 0.2) is 0 Å². The Morgan fingerprint density at radius 1 is 1.09 bits per heavy atom. The molecule has 3 heteroatoms. The highest BCUT2D eigenvalue weighted by Crippen LogP contribution is 2.27. The molecule has 120 valence electrons. The Balaban J connectivity index is 1.63. The van der Waals surface area contributed by atoms with Crippen LogP contribution in [0, 0.1) is 5.92 Å². The van der Waals surface area contributed by atoms with Crippen molar-refractivity contribution >= 4 is 5.91 Å². The minimum Gasteiger partial charge on any atom is -0.340 e. The smallest absolute Gasteiger partial charge is 0.236 e. The summed E-state index contributed by atoms with van der Waals surface area (Å²) in [5.41, 5.74) is 3.56. The molecule has 0 unspecified atom stereocenters. The van der Waals surface area contributed by atoms with Crippen molar-refractivity contribution in [3.8, 4) is 11.1 Å². The van der Waals surface area contributed by atoms with Crippen LogP contribution in [0.1, 0.15) is 18.4 Å². The minimum atomic E-state index is 0.147. The normalized spacial score (nSPS) is 13.8. The largest absolute Gasteiger partial charge is 0.340 e. The average molecular weight is 308 g/mol. The van der Waals surface area contributed by atoms with Crippen LogP contribution in [0.2, 0.25) is 0 Å². The Morgan fingerprint density at radius 2 is 1.78 bits per heavy atom. The first-order chi connectivity index (χ1) is 11.2. The first-order valence-corrected chi connectivity index (χ1v) is 8.32. The van der Waals surface area contributed by atoms with Gasteiger partial charge in [0.25, 0.3) is 0 Å². The second kappa shape index (κ2) is 7.42. The van der Waals surface area contributed by atoms with E-state index in [9.17, 15) is 4.79 Å². The SMILES string of the molecule is CN(Cc1ccccc1-c1ccccc1)C(=O)CNCC1CC1. The van der Waals surface area contributed by atoms with Gasteiger partial charge in [0.05, 0.1) is 6.54 Å². The Bertz CT molecular complexity index is 650. The van der Waals surface area contributed by atoms with Gasteiger partial charge in [-0.2, -0.15) is 0 Å². The molecule has 0 aliphatic heterocycles. The first-order valence-electron chi connectivity index (χ1n) is 8.32. The van der Waals surface area contributed by atoms with Crippen molar-refractivity contribution in [3.05, 3.63) is 60.2 Å². The highest BCUT2D eigenvalue weighted by molar-refractivity contribution is 5.78. The molecule has 3 nitrogen and oxygen atoms in total. The van der Waals surface area contributed by atoms with Gasteiger partial charge in [-0.1, -0.05) is 54.6 Å². The lowest BCUT2D eigenvalue weighted by Crippen LogP contribution is -2.36. The van der Waals surface area contributed by atoms with Gasteiger partial charge in [-0.05, 0) is 42.0 Å². The zero-order valence-electron chi connectivity index (χ0n) is 13.7. The zero-order chi connectivity index (χ0) is 16.1. The molecule has 0 bridgehead atoms. The maximum Gasteiger partial charge on any atom is 0.236 e. The van der Waals surface area contributed by atoms with Gasteiger partial charge in [0.2, 0.25) is 5.91 Å². The van der Waals surface area contributed by atoms with E-state index in [4.69, 9.17) is 0 Å². The average Bonchev–Trinajstić information content (AvgIpc) is 3.40. The molecule has 1 N–H and O–H groups in total. The molecule has 0 aromatic heterocycles. The zero-order valence-corrected chi connectivity index (χ0v) is 13.7. The Morgan fingerprint density at radius 3 is 2.52 bits per heavy atom. The molecule has 1 amide bonds. The number of carbonyl (C=O) groups is 1. The third-order valence-corrected chi connectivity index (χ3v) is 4.34. The van der Waals surface area contributed by atoms with E-state index in [1.165, 1.54) is 29.5 Å². The number of benzene rings is 2. The van der Waals surface area contributed by atoms with Gasteiger partial charge < -0.3 is 10.2 Å². The predicted molar refractivity (Wildman–Crippen MR) is 93.9 cm³/mol. The van der Waals surface area contributed by atoms with Crippen molar-refractivity contribution in [1.82, 2.24) is 10.2 Å². The van der Waals surface area contributed by atoms with Gasteiger partial charge in [-0.15, -0.1) is 0 Å². The molecule has 3 rings (SSSR count). The number of hydrogen-bond donors (Lipinski definition) is 1. The van der Waals surface area contributed by atoms with Crippen LogP contribution in [0.4, 0.5) is 0 Å². The van der Waals surface area contributed by atoms with Gasteiger partial charge in [-0.3, -0.25) is 4.79 Å². The lowest BCUT2D eigenvalue weighted by Gasteiger charge is -2.20. The molecule has 23 heavy (non-hydrogen) atoms. The van der Waals surface area contributed by atoms with Crippen molar-refractivity contribution in [1.29, 1.82) is 0 Å². The Kier molecular flexibility index (Phi) is 5.09. The minimum absolute atomic E-state index is 0.147. The predicted octanol–water partition coefficient (Wildman–Crippen LogP) is 3.31. The first kappa shape index (κ1) is 15.8. The second-order valence-electron chi connectivity index (χ2n) is 6.35. The van der Waals surface area contributed by atoms with E-state index in [-0.39, 0.29) is 5.91 Å². The van der Waals surface area contributed by atoms with Gasteiger partial charge in [-0.25, -0.2) is 0 Å². The van der Waals surface area contributed by atoms with Gasteiger partial charge in [0, 0.05) is 13.6 Å². The van der Waals surface area contributed by atoms with E-state index in [0.29, 0.717) is 13.1 Å². The van der Waals surface area contributed by atoms with Crippen LogP contribution in [0.25, 0.3) is 11.1 Å². The number of amides is 1. The molecule has 1 aliphatic rings. The van der Waals surface area contributed by atoms with Gasteiger partial charge >= 0.3 is 0 Å². The molecule has 1 saturated carbocycles. The van der Waals surface area contributed by atoms with E-state index in [0.717, 1.165) is 12.5 Å². The quantitative estimate of drug-likeness (QED) is 0.851. The third-order valence-electron chi connectivity index (χ3n) is 4.34. The Hall–Kier alpha value is -2.13. The van der Waals surface area contributed by atoms with Crippen LogP contribution < -0.4 is 5.32 Å². The van der Waals surface area contributed by atoms with Crippen LogP contribution in [0.3, 0.4) is 0 Å². The summed E-state index contributed by atoms with van der Waals surface area (Å²) in [6, 6.07) is 18.6. The van der Waals surface area contributed by atoms with Gasteiger partial charge in [0.1, 0.15) is 0 Å². The molecule has 0 atom stereocenters. The van der Waals surface area contributed by atoms with Crippen LogP contribution in [0.5, 0.6) is 0 Å². The number of likely N-dealkylation sites (N-methyl/N-ethyl adjacent to an activating group) is 1. The topological polar surface area (TPSA) is 32.3 Å². The number of hydrogen-bond acceptors (Lipinski definition) is 2. The lowest BCUT2D eigenvalue weighted by molar-refractivity contribution is -0.129. The van der Waals surface area contributed by atoms with Crippen molar-refractivity contribution < 1.29 is 4.79 Å².